The molecule has 0 saturated heterocycles. The fourth-order valence-corrected chi connectivity index (χ4v) is 2.44. The third kappa shape index (κ3) is 4.47. The zero-order valence-corrected chi connectivity index (χ0v) is 15.7. The van der Waals surface area contributed by atoms with Gasteiger partial charge < -0.3 is 25.2 Å². The van der Waals surface area contributed by atoms with Crippen molar-refractivity contribution in [2.75, 3.05) is 5.88 Å². The van der Waals surface area contributed by atoms with Crippen molar-refractivity contribution in [1.82, 2.24) is 5.32 Å². The number of fused-ring (bicyclic) bond motifs is 1. The number of allylic oxidation sites excluding steroid dienone is 3. The Morgan fingerprint density at radius 1 is 1.04 bits per heavy atom. The molecular formula is C19H18ClNO7. The molecule has 2 rings (SSSR count). The lowest BCUT2D eigenvalue weighted by Crippen LogP contribution is -2.31. The molecule has 0 bridgehead atoms. The summed E-state index contributed by atoms with van der Waals surface area (Å²) in [5.41, 5.74) is 0.667. The quantitative estimate of drug-likeness (QED) is 0.226. The van der Waals surface area contributed by atoms with E-state index in [1.807, 2.05) is 5.32 Å². The Kier molecular flexibility index (Phi) is 6.37. The molecule has 2 amide bonds. The summed E-state index contributed by atoms with van der Waals surface area (Å²) in [5.74, 6) is -3.28. The number of nitrogens with one attached hydrogen (secondary N) is 1. The minimum atomic E-state index is -1.15. The summed E-state index contributed by atoms with van der Waals surface area (Å²) >= 11 is 5.33. The van der Waals surface area contributed by atoms with Gasteiger partial charge in [0.25, 0.3) is 0 Å². The van der Waals surface area contributed by atoms with Crippen LogP contribution in [0.5, 0.6) is 23.0 Å². The van der Waals surface area contributed by atoms with Crippen molar-refractivity contribution < 1.29 is 34.8 Å². The number of ether oxygens (including phenoxy) is 1. The van der Waals surface area contributed by atoms with Crippen LogP contribution >= 0.6 is 11.6 Å². The summed E-state index contributed by atoms with van der Waals surface area (Å²) in [6.07, 6.45) is 1.74. The van der Waals surface area contributed by atoms with Crippen LogP contribution in [0.4, 0.5) is 4.79 Å². The van der Waals surface area contributed by atoms with Gasteiger partial charge in [0.15, 0.2) is 0 Å². The van der Waals surface area contributed by atoms with E-state index in [9.17, 15) is 30.0 Å². The molecule has 0 saturated carbocycles. The van der Waals surface area contributed by atoms with E-state index in [0.717, 1.165) is 23.8 Å². The Labute approximate surface area is 164 Å². The van der Waals surface area contributed by atoms with Gasteiger partial charge in [0, 0.05) is 0 Å². The van der Waals surface area contributed by atoms with Gasteiger partial charge in [0.05, 0.1) is 16.3 Å². The van der Waals surface area contributed by atoms with Crippen molar-refractivity contribution in [2.45, 2.75) is 13.8 Å². The Bertz CT molecular complexity index is 1010. The van der Waals surface area contributed by atoms with Gasteiger partial charge in [-0.05, 0) is 38.1 Å². The maximum Gasteiger partial charge on any atom is 0.419 e. The van der Waals surface area contributed by atoms with Gasteiger partial charge in [-0.15, -0.1) is 11.6 Å². The highest BCUT2D eigenvalue weighted by atomic mass is 35.5. The number of alkyl halides is 1. The molecule has 9 heteroatoms. The van der Waals surface area contributed by atoms with Crippen molar-refractivity contribution in [3.63, 3.8) is 0 Å². The van der Waals surface area contributed by atoms with Crippen molar-refractivity contribution in [3.05, 3.63) is 41.5 Å². The fourth-order valence-electron chi connectivity index (χ4n) is 2.37. The second kappa shape index (κ2) is 8.53. The molecule has 0 aromatic heterocycles. The number of aromatic hydroxyl groups is 4. The third-order valence-corrected chi connectivity index (χ3v) is 3.83. The van der Waals surface area contributed by atoms with E-state index >= 15 is 0 Å². The molecule has 2 aromatic rings. The maximum atomic E-state index is 11.9. The van der Waals surface area contributed by atoms with Crippen molar-refractivity contribution in [1.29, 1.82) is 0 Å². The molecule has 5 N–H and O–H groups in total. The monoisotopic (exact) mass is 407 g/mol. The summed E-state index contributed by atoms with van der Waals surface area (Å²) in [4.78, 5) is 23.2. The molecule has 0 unspecified atom stereocenters. The van der Waals surface area contributed by atoms with E-state index < -0.39 is 35.1 Å². The summed E-state index contributed by atoms with van der Waals surface area (Å²) in [7, 11) is 0. The van der Waals surface area contributed by atoms with E-state index in [2.05, 4.69) is 0 Å². The molecule has 0 aliphatic rings. The van der Waals surface area contributed by atoms with E-state index in [0.29, 0.717) is 0 Å². The van der Waals surface area contributed by atoms with E-state index in [1.165, 1.54) is 6.08 Å². The first-order chi connectivity index (χ1) is 13.1. The number of rotatable bonds is 4. The normalized spacial score (nSPS) is 11.2. The highest BCUT2D eigenvalue weighted by Gasteiger charge is 2.22. The number of amides is 2. The van der Waals surface area contributed by atoms with Crippen LogP contribution in [0.25, 0.3) is 16.5 Å². The maximum absolute atomic E-state index is 11.9. The van der Waals surface area contributed by atoms with Crippen LogP contribution in [0.1, 0.15) is 19.4 Å². The first kappa shape index (κ1) is 20.9. The number of halogens is 1. The van der Waals surface area contributed by atoms with E-state index in [1.54, 1.807) is 19.9 Å². The number of imide groups is 1. The number of hydrogen-bond acceptors (Lipinski definition) is 7. The number of alkyl carbamates (subject to hydrolysis) is 1. The number of carbonyl (C=O) groups excluding carboxylic acids is 2. The Balaban J connectivity index is 2.65. The first-order valence-electron chi connectivity index (χ1n) is 7.98. The number of hydrogen-bond donors (Lipinski definition) is 5. The molecule has 0 atom stereocenters. The second-order valence-electron chi connectivity index (χ2n) is 5.99. The third-order valence-electron chi connectivity index (χ3n) is 3.59. The van der Waals surface area contributed by atoms with Crippen molar-refractivity contribution in [3.8, 4) is 23.0 Å². The van der Waals surface area contributed by atoms with Crippen molar-refractivity contribution >= 4 is 40.1 Å². The zero-order chi connectivity index (χ0) is 21.0. The Hall–Kier alpha value is -3.39. The number of phenolic OH excluding ortho intramolecular Hbond substituents is 4. The van der Waals surface area contributed by atoms with Crippen molar-refractivity contribution in [2.24, 2.45) is 0 Å². The minimum absolute atomic E-state index is 0.156. The molecule has 8 nitrogen and oxygen atoms in total. The van der Waals surface area contributed by atoms with Gasteiger partial charge in [-0.3, -0.25) is 10.1 Å². The summed E-state index contributed by atoms with van der Waals surface area (Å²) in [5, 5.41) is 42.3. The Morgan fingerprint density at radius 2 is 1.64 bits per heavy atom. The predicted octanol–water partition coefficient (Wildman–Crippen LogP) is 3.46. The fraction of sp³-hybridized carbons (Fsp3) is 0.158. The number of phenols is 4. The number of benzene rings is 2. The van der Waals surface area contributed by atoms with Gasteiger partial charge in [0.2, 0.25) is 5.91 Å². The molecule has 0 radical (unpaired) electrons. The SMILES string of the molecule is CC(C)=CC=C(OC(=O)NC(=O)CCl)c1cc(O)c2c(O)ccc(O)c2c1O. The zero-order valence-electron chi connectivity index (χ0n) is 15.0. The van der Waals surface area contributed by atoms with Crippen LogP contribution in [0, 0.1) is 0 Å². The minimum Gasteiger partial charge on any atom is -0.507 e. The van der Waals surface area contributed by atoms with Gasteiger partial charge in [-0.2, -0.15) is 0 Å². The highest BCUT2D eigenvalue weighted by Crippen LogP contribution is 2.46. The van der Waals surface area contributed by atoms with Gasteiger partial charge in [-0.25, -0.2) is 4.79 Å². The van der Waals surface area contributed by atoms with Crippen LogP contribution < -0.4 is 5.32 Å². The topological polar surface area (TPSA) is 136 Å². The van der Waals surface area contributed by atoms with Crippen LogP contribution in [-0.4, -0.2) is 38.3 Å². The van der Waals surface area contributed by atoms with Crippen LogP contribution in [0.2, 0.25) is 0 Å². The average molecular weight is 408 g/mol. The second-order valence-corrected chi connectivity index (χ2v) is 6.26. The molecule has 0 aliphatic carbocycles. The largest absolute Gasteiger partial charge is 0.507 e. The van der Waals surface area contributed by atoms with Gasteiger partial charge in [0.1, 0.15) is 34.6 Å². The summed E-state index contributed by atoms with van der Waals surface area (Å²) in [6.45, 7) is 3.54. The first-order valence-corrected chi connectivity index (χ1v) is 8.51. The molecule has 28 heavy (non-hydrogen) atoms. The molecule has 0 fully saturated rings. The van der Waals surface area contributed by atoms with Crippen LogP contribution in [0.15, 0.2) is 35.9 Å². The lowest BCUT2D eigenvalue weighted by molar-refractivity contribution is -0.117. The number of carbonyl (C=O) groups is 2. The molecule has 2 aromatic carbocycles. The molecular weight excluding hydrogens is 390 g/mol. The lowest BCUT2D eigenvalue weighted by atomic mass is 10.0. The summed E-state index contributed by atoms with van der Waals surface area (Å²) < 4.78 is 5.09. The van der Waals surface area contributed by atoms with Gasteiger partial charge in [-0.1, -0.05) is 11.6 Å². The van der Waals surface area contributed by atoms with E-state index in [-0.39, 0.29) is 27.8 Å². The molecule has 0 heterocycles. The summed E-state index contributed by atoms with van der Waals surface area (Å²) in [6, 6.07) is 3.34. The molecule has 0 spiro atoms. The molecule has 0 aliphatic heterocycles. The lowest BCUT2D eigenvalue weighted by Gasteiger charge is -2.14. The predicted molar refractivity (Wildman–Crippen MR) is 103 cm³/mol. The standard InChI is InChI=1S/C19H18ClNO7/c1-9(2)3-6-14(28-19(27)21-15(25)8-20)10-7-13(24)16-11(22)4-5-12(23)17(16)18(10)26/h3-7,22-24,26H,8H2,1-2H3,(H,21,25,27). The van der Waals surface area contributed by atoms with Gasteiger partial charge >= 0.3 is 6.09 Å². The smallest absolute Gasteiger partial charge is 0.419 e. The Morgan fingerprint density at radius 3 is 2.21 bits per heavy atom. The molecule has 148 valence electrons. The van der Waals surface area contributed by atoms with Crippen LogP contribution in [0.3, 0.4) is 0 Å². The average Bonchev–Trinajstić information content (AvgIpc) is 2.63. The highest BCUT2D eigenvalue weighted by molar-refractivity contribution is 6.28. The van der Waals surface area contributed by atoms with Crippen LogP contribution in [-0.2, 0) is 9.53 Å². The van der Waals surface area contributed by atoms with E-state index in [4.69, 9.17) is 16.3 Å².